The molecule has 0 saturated carbocycles. The first-order chi connectivity index (χ1) is 17.7. The zero-order valence-corrected chi connectivity index (χ0v) is 22.3. The molecule has 37 heavy (non-hydrogen) atoms. The molecule has 3 amide bonds. The van der Waals surface area contributed by atoms with Crippen molar-refractivity contribution in [3.8, 4) is 0 Å². The van der Waals surface area contributed by atoms with Crippen molar-refractivity contribution in [3.63, 3.8) is 0 Å². The first kappa shape index (κ1) is 26.2. The third kappa shape index (κ3) is 6.30. The standard InChI is InChI=1S/C30H31N3O3S/c1-19(2)17-26(34)31-23-9-8-12-25(18-23)37-28-27(32-22-15-13-21(14-16-22)20(3)4)29(35)33(30(28)36)24-10-6-5-7-11-24/h5-16,18-20,32H,17H2,1-4H3,(H,31,34). The van der Waals surface area contributed by atoms with Gasteiger partial charge in [0.05, 0.1) is 5.69 Å². The Hall–Kier alpha value is -3.84. The van der Waals surface area contributed by atoms with Crippen molar-refractivity contribution in [3.05, 3.63) is 95.0 Å². The van der Waals surface area contributed by atoms with Gasteiger partial charge in [0.15, 0.2) is 0 Å². The molecule has 0 saturated heterocycles. The van der Waals surface area contributed by atoms with Crippen LogP contribution in [0.3, 0.4) is 0 Å². The second kappa shape index (κ2) is 11.5. The van der Waals surface area contributed by atoms with E-state index in [9.17, 15) is 14.4 Å². The summed E-state index contributed by atoms with van der Waals surface area (Å²) in [6, 6.07) is 24.1. The van der Waals surface area contributed by atoms with Crippen LogP contribution in [0.1, 0.15) is 45.6 Å². The van der Waals surface area contributed by atoms with E-state index in [1.165, 1.54) is 22.2 Å². The van der Waals surface area contributed by atoms with Crippen LogP contribution < -0.4 is 15.5 Å². The first-order valence-corrected chi connectivity index (χ1v) is 13.2. The van der Waals surface area contributed by atoms with E-state index in [0.29, 0.717) is 28.6 Å². The Labute approximate surface area is 222 Å². The van der Waals surface area contributed by atoms with Crippen molar-refractivity contribution in [1.29, 1.82) is 0 Å². The van der Waals surface area contributed by atoms with Crippen molar-refractivity contribution >= 4 is 46.5 Å². The third-order valence-electron chi connectivity index (χ3n) is 5.83. The van der Waals surface area contributed by atoms with Crippen LogP contribution in [0.25, 0.3) is 0 Å². The Bertz CT molecular complexity index is 1330. The highest BCUT2D eigenvalue weighted by molar-refractivity contribution is 8.04. The second-order valence-corrected chi connectivity index (χ2v) is 10.7. The lowest BCUT2D eigenvalue weighted by molar-refractivity contribution is -0.120. The SMILES string of the molecule is CC(C)CC(=O)Nc1cccc(SC2=C(Nc3ccc(C(C)C)cc3)C(=O)N(c3ccccc3)C2=O)c1. The number of benzene rings is 3. The van der Waals surface area contributed by atoms with Crippen molar-refractivity contribution in [2.75, 3.05) is 15.5 Å². The fourth-order valence-corrected chi connectivity index (χ4v) is 4.95. The molecule has 0 fully saturated rings. The molecule has 7 heteroatoms. The summed E-state index contributed by atoms with van der Waals surface area (Å²) in [6.45, 7) is 8.22. The lowest BCUT2D eigenvalue weighted by atomic mass is 10.0. The summed E-state index contributed by atoms with van der Waals surface area (Å²) in [4.78, 5) is 41.6. The van der Waals surface area contributed by atoms with Crippen molar-refractivity contribution in [2.24, 2.45) is 5.92 Å². The van der Waals surface area contributed by atoms with E-state index in [-0.39, 0.29) is 17.5 Å². The van der Waals surface area contributed by atoms with Crippen LogP contribution >= 0.6 is 11.8 Å². The van der Waals surface area contributed by atoms with Crippen molar-refractivity contribution in [2.45, 2.75) is 44.9 Å². The Kier molecular flexibility index (Phi) is 8.14. The number of nitrogens with zero attached hydrogens (tertiary/aromatic N) is 1. The molecule has 0 aliphatic carbocycles. The van der Waals surface area contributed by atoms with Crippen molar-refractivity contribution in [1.82, 2.24) is 0 Å². The minimum Gasteiger partial charge on any atom is -0.350 e. The molecule has 3 aromatic carbocycles. The van der Waals surface area contributed by atoms with Gasteiger partial charge in [0.1, 0.15) is 10.6 Å². The molecular formula is C30H31N3O3S. The molecule has 190 valence electrons. The van der Waals surface area contributed by atoms with E-state index in [2.05, 4.69) is 24.5 Å². The van der Waals surface area contributed by atoms with Gasteiger partial charge in [-0.05, 0) is 59.9 Å². The number of hydrogen-bond acceptors (Lipinski definition) is 5. The maximum atomic E-state index is 13.6. The number of para-hydroxylation sites is 1. The molecule has 1 heterocycles. The highest BCUT2D eigenvalue weighted by Crippen LogP contribution is 2.38. The molecule has 4 rings (SSSR count). The van der Waals surface area contributed by atoms with Crippen LogP contribution in [0.2, 0.25) is 0 Å². The summed E-state index contributed by atoms with van der Waals surface area (Å²) in [5.74, 6) is -0.233. The van der Waals surface area contributed by atoms with Gasteiger partial charge < -0.3 is 10.6 Å². The molecule has 2 N–H and O–H groups in total. The van der Waals surface area contributed by atoms with Crippen LogP contribution in [-0.4, -0.2) is 17.7 Å². The van der Waals surface area contributed by atoms with Gasteiger partial charge in [0.25, 0.3) is 11.8 Å². The van der Waals surface area contributed by atoms with Gasteiger partial charge in [-0.15, -0.1) is 0 Å². The van der Waals surface area contributed by atoms with Gasteiger partial charge in [-0.25, -0.2) is 4.90 Å². The van der Waals surface area contributed by atoms with Gasteiger partial charge in [-0.3, -0.25) is 14.4 Å². The van der Waals surface area contributed by atoms with E-state index in [0.717, 1.165) is 10.6 Å². The topological polar surface area (TPSA) is 78.5 Å². The number of nitrogens with one attached hydrogen (secondary N) is 2. The average Bonchev–Trinajstić information content (AvgIpc) is 3.08. The normalized spacial score (nSPS) is 13.6. The third-order valence-corrected chi connectivity index (χ3v) is 6.91. The molecular weight excluding hydrogens is 482 g/mol. The van der Waals surface area contributed by atoms with Crippen LogP contribution in [0.15, 0.2) is 94.4 Å². The summed E-state index contributed by atoms with van der Waals surface area (Å²) in [5, 5.41) is 6.12. The average molecular weight is 514 g/mol. The molecule has 0 spiro atoms. The Morgan fingerprint density at radius 2 is 1.54 bits per heavy atom. The van der Waals surface area contributed by atoms with Crippen LogP contribution in [-0.2, 0) is 14.4 Å². The summed E-state index contributed by atoms with van der Waals surface area (Å²) in [5.41, 5.74) is 3.29. The minimum absolute atomic E-state index is 0.0639. The summed E-state index contributed by atoms with van der Waals surface area (Å²) >= 11 is 1.21. The molecule has 0 atom stereocenters. The Balaban J connectivity index is 1.65. The van der Waals surface area contributed by atoms with Gasteiger partial charge in [-0.2, -0.15) is 0 Å². The smallest absolute Gasteiger partial charge is 0.283 e. The first-order valence-electron chi connectivity index (χ1n) is 12.4. The zero-order valence-electron chi connectivity index (χ0n) is 21.4. The van der Waals surface area contributed by atoms with Crippen LogP contribution in [0.4, 0.5) is 17.1 Å². The van der Waals surface area contributed by atoms with Crippen LogP contribution in [0.5, 0.6) is 0 Å². The fourth-order valence-electron chi connectivity index (χ4n) is 3.96. The predicted octanol–water partition coefficient (Wildman–Crippen LogP) is 6.78. The molecule has 0 bridgehead atoms. The lowest BCUT2D eigenvalue weighted by Gasteiger charge is -2.15. The van der Waals surface area contributed by atoms with E-state index >= 15 is 0 Å². The quantitative estimate of drug-likeness (QED) is 0.308. The number of hydrogen-bond donors (Lipinski definition) is 2. The van der Waals surface area contributed by atoms with Gasteiger partial charge in [0.2, 0.25) is 5.91 Å². The highest BCUT2D eigenvalue weighted by atomic mass is 32.2. The fraction of sp³-hybridized carbons (Fsp3) is 0.233. The highest BCUT2D eigenvalue weighted by Gasteiger charge is 2.40. The number of carbonyl (C=O) groups excluding carboxylic acids is 3. The van der Waals surface area contributed by atoms with E-state index in [1.807, 2.05) is 68.4 Å². The number of amides is 3. The molecule has 6 nitrogen and oxygen atoms in total. The van der Waals surface area contributed by atoms with E-state index in [4.69, 9.17) is 0 Å². The zero-order chi connectivity index (χ0) is 26.5. The van der Waals surface area contributed by atoms with Crippen molar-refractivity contribution < 1.29 is 14.4 Å². The van der Waals surface area contributed by atoms with E-state index in [1.54, 1.807) is 24.3 Å². The number of anilines is 3. The number of thioether (sulfide) groups is 1. The largest absolute Gasteiger partial charge is 0.350 e. The minimum atomic E-state index is -0.409. The number of carbonyl (C=O) groups is 3. The lowest BCUT2D eigenvalue weighted by Crippen LogP contribution is -2.32. The summed E-state index contributed by atoms with van der Waals surface area (Å²) in [7, 11) is 0. The number of rotatable bonds is 9. The van der Waals surface area contributed by atoms with Gasteiger partial charge >= 0.3 is 0 Å². The molecule has 1 aliphatic heterocycles. The monoisotopic (exact) mass is 513 g/mol. The maximum absolute atomic E-state index is 13.6. The molecule has 0 radical (unpaired) electrons. The predicted molar refractivity (Wildman–Crippen MR) is 150 cm³/mol. The maximum Gasteiger partial charge on any atom is 0.283 e. The molecule has 1 aliphatic rings. The Morgan fingerprint density at radius 3 is 2.19 bits per heavy atom. The number of imide groups is 1. The summed E-state index contributed by atoms with van der Waals surface area (Å²) in [6.07, 6.45) is 0.422. The van der Waals surface area contributed by atoms with E-state index < -0.39 is 11.8 Å². The summed E-state index contributed by atoms with van der Waals surface area (Å²) < 4.78 is 0. The second-order valence-electron chi connectivity index (χ2n) is 9.66. The van der Waals surface area contributed by atoms with Gasteiger partial charge in [-0.1, -0.05) is 75.9 Å². The molecule has 3 aromatic rings. The Morgan fingerprint density at radius 1 is 0.838 bits per heavy atom. The van der Waals surface area contributed by atoms with Crippen LogP contribution in [0, 0.1) is 5.92 Å². The van der Waals surface area contributed by atoms with Gasteiger partial charge in [0, 0.05) is 22.7 Å². The molecule has 0 aromatic heterocycles. The molecule has 0 unspecified atom stereocenters.